The number of rotatable bonds is 6. The van der Waals surface area contributed by atoms with Crippen LogP contribution in [-0.4, -0.2) is 34.9 Å². The quantitative estimate of drug-likeness (QED) is 0.402. The molecule has 0 aliphatic carbocycles. The Balaban J connectivity index is 1.32. The average molecular weight is 445 g/mol. The molecule has 2 aromatic heterocycles. The van der Waals surface area contributed by atoms with Crippen molar-refractivity contribution in [3.63, 3.8) is 0 Å². The van der Waals surface area contributed by atoms with Crippen LogP contribution in [0.4, 0.5) is 5.69 Å². The van der Waals surface area contributed by atoms with Crippen molar-refractivity contribution in [1.82, 2.24) is 10.3 Å². The molecule has 3 N–H and O–H groups in total. The van der Waals surface area contributed by atoms with Crippen LogP contribution in [0.15, 0.2) is 77.1 Å². The molecule has 1 aliphatic rings. The molecule has 4 aromatic rings. The number of furan rings is 1. The zero-order valence-corrected chi connectivity index (χ0v) is 17.9. The van der Waals surface area contributed by atoms with E-state index in [2.05, 4.69) is 10.3 Å². The summed E-state index contributed by atoms with van der Waals surface area (Å²) >= 11 is 1.45. The van der Waals surface area contributed by atoms with Gasteiger partial charge in [0.15, 0.2) is 0 Å². The van der Waals surface area contributed by atoms with Gasteiger partial charge >= 0.3 is 0 Å². The molecule has 2 aromatic carbocycles. The van der Waals surface area contributed by atoms with Gasteiger partial charge in [0, 0.05) is 24.2 Å². The number of aliphatic hydroxyl groups excluding tert-OH is 1. The van der Waals surface area contributed by atoms with Crippen LogP contribution in [-0.2, 0) is 6.42 Å². The number of hydrogen-bond acceptors (Lipinski definition) is 6. The number of anilines is 1. The van der Waals surface area contributed by atoms with Crippen LogP contribution >= 0.6 is 11.3 Å². The van der Waals surface area contributed by atoms with E-state index in [1.54, 1.807) is 29.4 Å². The molecule has 3 heterocycles. The molecule has 7 nitrogen and oxygen atoms in total. The molecule has 0 radical (unpaired) electrons. The van der Waals surface area contributed by atoms with Crippen LogP contribution in [0.3, 0.4) is 0 Å². The first-order chi connectivity index (χ1) is 15.6. The van der Waals surface area contributed by atoms with Crippen molar-refractivity contribution in [1.29, 1.82) is 5.41 Å². The van der Waals surface area contributed by atoms with Crippen LogP contribution in [0.25, 0.3) is 15.8 Å². The highest BCUT2D eigenvalue weighted by molar-refractivity contribution is 7.19. The summed E-state index contributed by atoms with van der Waals surface area (Å²) in [4.78, 5) is 18.9. The first-order valence-corrected chi connectivity index (χ1v) is 11.0. The van der Waals surface area contributed by atoms with E-state index in [-0.39, 0.29) is 24.0 Å². The third-order valence-corrected chi connectivity index (χ3v) is 6.32. The predicted octanol–water partition coefficient (Wildman–Crippen LogP) is 4.63. The third kappa shape index (κ3) is 3.76. The molecular formula is C24H20N4O3S. The highest BCUT2D eigenvalue weighted by Gasteiger charge is 2.31. The van der Waals surface area contributed by atoms with Gasteiger partial charge in [-0.3, -0.25) is 10.2 Å². The summed E-state index contributed by atoms with van der Waals surface area (Å²) in [6, 6.07) is 18.5. The van der Waals surface area contributed by atoms with E-state index in [1.165, 1.54) is 11.3 Å². The summed E-state index contributed by atoms with van der Waals surface area (Å²) in [7, 11) is 0. The SMILES string of the molecule is N=C1C(c2nc3ccccc3s2)=C(O)CN1c1cccc(C(=O)NCCc2ccco2)c1. The molecule has 32 heavy (non-hydrogen) atoms. The van der Waals surface area contributed by atoms with E-state index in [1.807, 2.05) is 42.5 Å². The maximum Gasteiger partial charge on any atom is 0.251 e. The molecule has 1 aliphatic heterocycles. The Labute approximate surface area is 188 Å². The van der Waals surface area contributed by atoms with Crippen molar-refractivity contribution in [2.24, 2.45) is 0 Å². The topological polar surface area (TPSA) is 102 Å². The van der Waals surface area contributed by atoms with Crippen LogP contribution in [0, 0.1) is 5.41 Å². The van der Waals surface area contributed by atoms with E-state index in [0.717, 1.165) is 16.0 Å². The Morgan fingerprint density at radius 2 is 2.06 bits per heavy atom. The molecule has 0 spiro atoms. The van der Waals surface area contributed by atoms with Gasteiger partial charge in [-0.1, -0.05) is 18.2 Å². The summed E-state index contributed by atoms with van der Waals surface area (Å²) in [5.74, 6) is 0.875. The Morgan fingerprint density at radius 1 is 1.19 bits per heavy atom. The molecule has 160 valence electrons. The Kier molecular flexibility index (Phi) is 5.20. The van der Waals surface area contributed by atoms with Crippen molar-refractivity contribution in [3.8, 4) is 0 Å². The highest BCUT2D eigenvalue weighted by atomic mass is 32.1. The van der Waals surface area contributed by atoms with Crippen molar-refractivity contribution < 1.29 is 14.3 Å². The van der Waals surface area contributed by atoms with Crippen molar-refractivity contribution >= 4 is 44.6 Å². The minimum absolute atomic E-state index is 0.0994. The van der Waals surface area contributed by atoms with Gasteiger partial charge in [0.25, 0.3) is 5.91 Å². The molecule has 0 saturated carbocycles. The molecule has 5 rings (SSSR count). The normalized spacial score (nSPS) is 13.9. The standard InChI is InChI=1S/C24H20N4O3S/c25-22-21(24-27-18-8-1-2-9-20(18)32-24)19(29)14-28(22)16-6-3-5-15(13-16)23(30)26-11-10-17-7-4-12-31-17/h1-9,12-13,25,29H,10-11,14H2,(H,26,30). The lowest BCUT2D eigenvalue weighted by atomic mass is 10.1. The van der Waals surface area contributed by atoms with E-state index >= 15 is 0 Å². The van der Waals surface area contributed by atoms with Crippen molar-refractivity contribution in [3.05, 3.63) is 89.0 Å². The Bertz CT molecular complexity index is 1310. The molecule has 1 amide bonds. The van der Waals surface area contributed by atoms with Crippen LogP contribution in [0.2, 0.25) is 0 Å². The number of aromatic nitrogens is 1. The number of amidine groups is 1. The van der Waals surface area contributed by atoms with Crippen molar-refractivity contribution in [2.75, 3.05) is 18.0 Å². The number of thiazole rings is 1. The largest absolute Gasteiger partial charge is 0.510 e. The number of para-hydroxylation sites is 1. The number of nitrogens with one attached hydrogen (secondary N) is 2. The van der Waals surface area contributed by atoms with Gasteiger partial charge < -0.3 is 19.7 Å². The minimum Gasteiger partial charge on any atom is -0.510 e. The maximum absolute atomic E-state index is 12.6. The van der Waals surface area contributed by atoms with Gasteiger partial charge in [-0.15, -0.1) is 11.3 Å². The summed E-state index contributed by atoms with van der Waals surface area (Å²) < 4.78 is 6.28. The second-order valence-corrected chi connectivity index (χ2v) is 8.41. The second kappa shape index (κ2) is 8.32. The number of nitrogens with zero attached hydrogens (tertiary/aromatic N) is 2. The van der Waals surface area contributed by atoms with E-state index in [9.17, 15) is 9.90 Å². The van der Waals surface area contributed by atoms with Gasteiger partial charge in [-0.2, -0.15) is 0 Å². The molecule has 0 unspecified atom stereocenters. The lowest BCUT2D eigenvalue weighted by molar-refractivity contribution is 0.0953. The van der Waals surface area contributed by atoms with Crippen molar-refractivity contribution in [2.45, 2.75) is 6.42 Å². The summed E-state index contributed by atoms with van der Waals surface area (Å²) in [5.41, 5.74) is 2.42. The molecule has 0 saturated heterocycles. The van der Waals surface area contributed by atoms with Crippen LogP contribution < -0.4 is 10.2 Å². The van der Waals surface area contributed by atoms with E-state index in [4.69, 9.17) is 9.83 Å². The average Bonchev–Trinajstić information content (AvgIpc) is 3.52. The zero-order chi connectivity index (χ0) is 22.1. The smallest absolute Gasteiger partial charge is 0.251 e. The first kappa shape index (κ1) is 20.0. The van der Waals surface area contributed by atoms with Gasteiger partial charge in [0.1, 0.15) is 22.4 Å². The lowest BCUT2D eigenvalue weighted by Crippen LogP contribution is -2.28. The number of aliphatic hydroxyl groups is 1. The number of carbonyl (C=O) groups is 1. The first-order valence-electron chi connectivity index (χ1n) is 10.2. The van der Waals surface area contributed by atoms with E-state index in [0.29, 0.717) is 34.8 Å². The molecular weight excluding hydrogens is 424 g/mol. The highest BCUT2D eigenvalue weighted by Crippen LogP contribution is 2.35. The molecule has 8 heteroatoms. The summed E-state index contributed by atoms with van der Waals surface area (Å²) in [6.07, 6.45) is 2.22. The number of hydrogen-bond donors (Lipinski definition) is 3. The predicted molar refractivity (Wildman–Crippen MR) is 125 cm³/mol. The van der Waals surface area contributed by atoms with Gasteiger partial charge in [0.05, 0.1) is 28.6 Å². The molecule has 0 bridgehead atoms. The van der Waals surface area contributed by atoms with Gasteiger partial charge in [-0.25, -0.2) is 4.98 Å². The Hall–Kier alpha value is -3.91. The third-order valence-electron chi connectivity index (χ3n) is 5.27. The monoisotopic (exact) mass is 444 g/mol. The fourth-order valence-corrected chi connectivity index (χ4v) is 4.71. The number of carbonyl (C=O) groups excluding carboxylic acids is 1. The maximum atomic E-state index is 12.6. The number of benzene rings is 2. The molecule has 0 fully saturated rings. The Morgan fingerprint density at radius 3 is 2.88 bits per heavy atom. The summed E-state index contributed by atoms with van der Waals surface area (Å²) in [6.45, 7) is 0.619. The van der Waals surface area contributed by atoms with Crippen LogP contribution in [0.5, 0.6) is 0 Å². The number of amides is 1. The summed E-state index contributed by atoms with van der Waals surface area (Å²) in [5, 5.41) is 22.8. The van der Waals surface area contributed by atoms with Gasteiger partial charge in [-0.05, 0) is 42.5 Å². The second-order valence-electron chi connectivity index (χ2n) is 7.38. The molecule has 0 atom stereocenters. The number of fused-ring (bicyclic) bond motifs is 1. The fraction of sp³-hybridized carbons (Fsp3) is 0.125. The van der Waals surface area contributed by atoms with E-state index < -0.39 is 0 Å². The zero-order valence-electron chi connectivity index (χ0n) is 17.0. The fourth-order valence-electron chi connectivity index (χ4n) is 3.67. The van der Waals surface area contributed by atoms with Crippen LogP contribution in [0.1, 0.15) is 21.1 Å². The minimum atomic E-state index is -0.201. The van der Waals surface area contributed by atoms with Gasteiger partial charge in [0.2, 0.25) is 0 Å². The lowest BCUT2D eigenvalue weighted by Gasteiger charge is -2.19.